The summed E-state index contributed by atoms with van der Waals surface area (Å²) in [6.07, 6.45) is 0. The molecule has 2 aromatic carbocycles. The van der Waals surface area contributed by atoms with E-state index in [1.807, 2.05) is 38.1 Å². The molecule has 4 N–H and O–H groups in total. The molecule has 0 aliphatic heterocycles. The molecule has 0 saturated heterocycles. The Labute approximate surface area is 119 Å². The number of benzene rings is 2. The second-order valence-corrected chi connectivity index (χ2v) is 4.77. The van der Waals surface area contributed by atoms with Crippen LogP contribution in [0.1, 0.15) is 34.5 Å². The minimum absolute atomic E-state index is 0.0315. The van der Waals surface area contributed by atoms with Crippen LogP contribution in [-0.2, 0) is 0 Å². The van der Waals surface area contributed by atoms with Crippen LogP contribution in [0, 0.1) is 6.92 Å². The van der Waals surface area contributed by atoms with Gasteiger partial charge in [-0.3, -0.25) is 10.6 Å². The van der Waals surface area contributed by atoms with Gasteiger partial charge in [0.25, 0.3) is 5.91 Å². The van der Waals surface area contributed by atoms with E-state index in [0.717, 1.165) is 11.3 Å². The predicted octanol–water partition coefficient (Wildman–Crippen LogP) is 2.77. The molecule has 1 unspecified atom stereocenters. The third-order valence-electron chi connectivity index (χ3n) is 3.32. The maximum Gasteiger partial charge on any atom is 0.251 e. The summed E-state index contributed by atoms with van der Waals surface area (Å²) < 4.78 is 0. The highest BCUT2D eigenvalue weighted by molar-refractivity contribution is 5.94. The Morgan fingerprint density at radius 3 is 2.35 bits per heavy atom. The average Bonchev–Trinajstić information content (AvgIpc) is 2.47. The van der Waals surface area contributed by atoms with Gasteiger partial charge in [0.05, 0.1) is 6.04 Å². The van der Waals surface area contributed by atoms with Crippen LogP contribution in [0.5, 0.6) is 0 Å². The van der Waals surface area contributed by atoms with Crippen molar-refractivity contribution in [3.05, 3.63) is 65.2 Å². The summed E-state index contributed by atoms with van der Waals surface area (Å²) in [6, 6.07) is 15.0. The maximum absolute atomic E-state index is 12.2. The molecule has 0 heterocycles. The quantitative estimate of drug-likeness (QED) is 0.590. The molecule has 1 amide bonds. The molecule has 0 bridgehead atoms. The number of amides is 1. The fraction of sp³-hybridized carbons (Fsp3) is 0.188. The lowest BCUT2D eigenvalue weighted by Gasteiger charge is -2.16. The Bertz CT molecular complexity index is 593. The third kappa shape index (κ3) is 3.16. The van der Waals surface area contributed by atoms with Crippen LogP contribution in [0.4, 0.5) is 5.69 Å². The van der Waals surface area contributed by atoms with E-state index in [1.165, 1.54) is 5.56 Å². The van der Waals surface area contributed by atoms with Crippen molar-refractivity contribution < 1.29 is 4.79 Å². The number of anilines is 1. The number of rotatable bonds is 4. The number of nitrogens with one attached hydrogen (secondary N) is 2. The van der Waals surface area contributed by atoms with E-state index in [2.05, 4.69) is 10.7 Å². The Kier molecular flexibility index (Phi) is 4.38. The second kappa shape index (κ2) is 6.21. The van der Waals surface area contributed by atoms with Crippen molar-refractivity contribution in [2.45, 2.75) is 19.9 Å². The van der Waals surface area contributed by atoms with E-state index in [4.69, 9.17) is 5.84 Å². The molecule has 104 valence electrons. The monoisotopic (exact) mass is 269 g/mol. The Morgan fingerprint density at radius 2 is 1.75 bits per heavy atom. The largest absolute Gasteiger partial charge is 0.346 e. The van der Waals surface area contributed by atoms with Crippen LogP contribution < -0.4 is 16.6 Å². The molecule has 0 spiro atoms. The molecule has 4 heteroatoms. The minimum atomic E-state index is -0.0932. The lowest BCUT2D eigenvalue weighted by Crippen LogP contribution is -2.27. The molecule has 0 aliphatic rings. The number of aryl methyl sites for hydroxylation is 1. The lowest BCUT2D eigenvalue weighted by molar-refractivity contribution is 0.0940. The summed E-state index contributed by atoms with van der Waals surface area (Å²) in [7, 11) is 0. The molecule has 0 saturated carbocycles. The normalized spacial score (nSPS) is 11.8. The van der Waals surface area contributed by atoms with Crippen molar-refractivity contribution in [3.8, 4) is 0 Å². The van der Waals surface area contributed by atoms with Gasteiger partial charge in [-0.05, 0) is 49.2 Å². The molecule has 20 heavy (non-hydrogen) atoms. The zero-order valence-electron chi connectivity index (χ0n) is 11.7. The molecule has 0 fully saturated rings. The van der Waals surface area contributed by atoms with Crippen molar-refractivity contribution in [1.82, 2.24) is 5.32 Å². The van der Waals surface area contributed by atoms with Gasteiger partial charge in [0.1, 0.15) is 0 Å². The van der Waals surface area contributed by atoms with Crippen molar-refractivity contribution >= 4 is 11.6 Å². The highest BCUT2D eigenvalue weighted by atomic mass is 16.1. The van der Waals surface area contributed by atoms with Crippen LogP contribution in [0.3, 0.4) is 0 Å². The standard InChI is InChI=1S/C16H19N3O/c1-11-5-3-4-6-15(11)12(2)18-16(20)13-7-9-14(19-17)10-8-13/h3-10,12,19H,17H2,1-2H3,(H,18,20). The number of carbonyl (C=O) groups excluding carboxylic acids is 1. The van der Waals surface area contributed by atoms with Crippen LogP contribution in [0.15, 0.2) is 48.5 Å². The van der Waals surface area contributed by atoms with Crippen molar-refractivity contribution in [3.63, 3.8) is 0 Å². The first-order valence-corrected chi connectivity index (χ1v) is 6.55. The third-order valence-corrected chi connectivity index (χ3v) is 3.32. The molecule has 0 aromatic heterocycles. The van der Waals surface area contributed by atoms with Gasteiger partial charge in [-0.25, -0.2) is 0 Å². The summed E-state index contributed by atoms with van der Waals surface area (Å²) >= 11 is 0. The van der Waals surface area contributed by atoms with Gasteiger partial charge in [0.15, 0.2) is 0 Å². The molecule has 0 radical (unpaired) electrons. The fourth-order valence-electron chi connectivity index (χ4n) is 2.15. The van der Waals surface area contributed by atoms with Gasteiger partial charge in [-0.1, -0.05) is 24.3 Å². The molecule has 1 atom stereocenters. The maximum atomic E-state index is 12.2. The first kappa shape index (κ1) is 14.1. The highest BCUT2D eigenvalue weighted by Crippen LogP contribution is 2.17. The van der Waals surface area contributed by atoms with E-state index in [1.54, 1.807) is 24.3 Å². The van der Waals surface area contributed by atoms with E-state index in [9.17, 15) is 4.79 Å². The highest BCUT2D eigenvalue weighted by Gasteiger charge is 2.12. The van der Waals surface area contributed by atoms with Crippen LogP contribution in [-0.4, -0.2) is 5.91 Å². The Hall–Kier alpha value is -2.33. The van der Waals surface area contributed by atoms with Gasteiger partial charge in [-0.15, -0.1) is 0 Å². The van der Waals surface area contributed by atoms with Crippen molar-refractivity contribution in [2.24, 2.45) is 5.84 Å². The number of hydrazine groups is 1. The summed E-state index contributed by atoms with van der Waals surface area (Å²) in [5.74, 6) is 5.21. The molecular weight excluding hydrogens is 250 g/mol. The summed E-state index contributed by atoms with van der Waals surface area (Å²) in [6.45, 7) is 4.02. The zero-order chi connectivity index (χ0) is 14.5. The first-order chi connectivity index (χ1) is 9.61. The average molecular weight is 269 g/mol. The van der Waals surface area contributed by atoms with E-state index >= 15 is 0 Å². The SMILES string of the molecule is Cc1ccccc1C(C)NC(=O)c1ccc(NN)cc1. The Morgan fingerprint density at radius 1 is 1.10 bits per heavy atom. The van der Waals surface area contributed by atoms with Gasteiger partial charge in [0, 0.05) is 11.3 Å². The molecule has 2 aromatic rings. The predicted molar refractivity (Wildman–Crippen MR) is 81.3 cm³/mol. The number of hydrogen-bond acceptors (Lipinski definition) is 3. The molecular formula is C16H19N3O. The van der Waals surface area contributed by atoms with Crippen LogP contribution in [0.25, 0.3) is 0 Å². The fourth-order valence-corrected chi connectivity index (χ4v) is 2.15. The van der Waals surface area contributed by atoms with Gasteiger partial charge in [0.2, 0.25) is 0 Å². The summed E-state index contributed by atoms with van der Waals surface area (Å²) in [4.78, 5) is 12.2. The number of nitrogens with two attached hydrogens (primary N) is 1. The molecule has 2 rings (SSSR count). The van der Waals surface area contributed by atoms with Gasteiger partial charge in [-0.2, -0.15) is 0 Å². The van der Waals surface area contributed by atoms with Crippen LogP contribution >= 0.6 is 0 Å². The summed E-state index contributed by atoms with van der Waals surface area (Å²) in [5, 5.41) is 3.00. The Balaban J connectivity index is 2.09. The topological polar surface area (TPSA) is 67.2 Å². The lowest BCUT2D eigenvalue weighted by atomic mass is 10.0. The molecule has 4 nitrogen and oxygen atoms in total. The summed E-state index contributed by atoms with van der Waals surface area (Å²) in [5.41, 5.74) is 6.22. The number of carbonyl (C=O) groups is 1. The molecule has 0 aliphatic carbocycles. The smallest absolute Gasteiger partial charge is 0.251 e. The van der Waals surface area contributed by atoms with E-state index in [-0.39, 0.29) is 11.9 Å². The van der Waals surface area contributed by atoms with Gasteiger partial charge < -0.3 is 10.7 Å². The van der Waals surface area contributed by atoms with Crippen molar-refractivity contribution in [2.75, 3.05) is 5.43 Å². The minimum Gasteiger partial charge on any atom is -0.346 e. The zero-order valence-corrected chi connectivity index (χ0v) is 11.7. The van der Waals surface area contributed by atoms with E-state index in [0.29, 0.717) is 5.56 Å². The number of nitrogen functional groups attached to an aromatic ring is 1. The van der Waals surface area contributed by atoms with Crippen molar-refractivity contribution in [1.29, 1.82) is 0 Å². The first-order valence-electron chi connectivity index (χ1n) is 6.55. The van der Waals surface area contributed by atoms with Crippen LogP contribution in [0.2, 0.25) is 0 Å². The number of hydrogen-bond donors (Lipinski definition) is 3. The second-order valence-electron chi connectivity index (χ2n) is 4.77. The van der Waals surface area contributed by atoms with Gasteiger partial charge >= 0.3 is 0 Å². The van der Waals surface area contributed by atoms with E-state index < -0.39 is 0 Å².